The second-order valence-corrected chi connectivity index (χ2v) is 12.0. The molecule has 11 heteroatoms. The molecule has 4 heterocycles. The zero-order valence-corrected chi connectivity index (χ0v) is 24.9. The topological polar surface area (TPSA) is 123 Å². The van der Waals surface area contributed by atoms with E-state index < -0.39 is 5.60 Å². The van der Waals surface area contributed by atoms with E-state index in [1.165, 1.54) is 6.08 Å². The summed E-state index contributed by atoms with van der Waals surface area (Å²) in [6.07, 6.45) is 7.00. The van der Waals surface area contributed by atoms with Crippen LogP contribution in [0.4, 0.5) is 10.6 Å². The molecule has 1 aromatic heterocycles. The van der Waals surface area contributed by atoms with Gasteiger partial charge in [-0.05, 0) is 88.3 Å². The van der Waals surface area contributed by atoms with Crippen molar-refractivity contribution in [2.75, 3.05) is 25.9 Å². The number of benzene rings is 1. The highest BCUT2D eigenvalue weighted by Gasteiger charge is 2.48. The first-order valence-electron chi connectivity index (χ1n) is 14.4. The third-order valence-electron chi connectivity index (χ3n) is 7.92. The molecule has 224 valence electrons. The highest BCUT2D eigenvalue weighted by atomic mass is 16.7. The van der Waals surface area contributed by atoms with Gasteiger partial charge in [0.2, 0.25) is 11.8 Å². The van der Waals surface area contributed by atoms with Gasteiger partial charge < -0.3 is 24.4 Å². The molecule has 0 aliphatic carbocycles. The summed E-state index contributed by atoms with van der Waals surface area (Å²) in [5.41, 5.74) is 2.52. The number of carbonyl (C=O) groups is 3. The minimum atomic E-state index is -0.556. The van der Waals surface area contributed by atoms with Gasteiger partial charge in [0.05, 0.1) is 5.69 Å². The fraction of sp³-hybridized carbons (Fsp3) is 0.516. The molecule has 0 spiro atoms. The Kier molecular flexibility index (Phi) is 8.49. The molecule has 5 rings (SSSR count). The third-order valence-corrected chi connectivity index (χ3v) is 7.92. The van der Waals surface area contributed by atoms with Crippen molar-refractivity contribution in [3.63, 3.8) is 0 Å². The normalized spacial score (nSPS) is 21.8. The average Bonchev–Trinajstić information content (AvgIpc) is 3.23. The van der Waals surface area contributed by atoms with Crippen molar-refractivity contribution in [2.24, 2.45) is 0 Å². The maximum Gasteiger partial charge on any atom is 0.410 e. The Bertz CT molecular complexity index is 1370. The lowest BCUT2D eigenvalue weighted by molar-refractivity contribution is -0.120. The zero-order valence-electron chi connectivity index (χ0n) is 24.9. The molecule has 11 nitrogen and oxygen atoms in total. The first-order valence-corrected chi connectivity index (χ1v) is 14.4. The Hall–Kier alpha value is -3.99. The molecule has 2 aromatic rings. The molecule has 3 aliphatic heterocycles. The minimum Gasteiger partial charge on any atom is -0.467 e. The minimum absolute atomic E-state index is 0.0328. The van der Waals surface area contributed by atoms with Crippen LogP contribution in [0.25, 0.3) is 17.3 Å². The van der Waals surface area contributed by atoms with Gasteiger partial charge in [-0.15, -0.1) is 10.2 Å². The quantitative estimate of drug-likeness (QED) is 0.386. The summed E-state index contributed by atoms with van der Waals surface area (Å²) in [5, 5.41) is 11.7. The fourth-order valence-electron chi connectivity index (χ4n) is 6.12. The van der Waals surface area contributed by atoms with Crippen LogP contribution < -0.4 is 15.0 Å². The van der Waals surface area contributed by atoms with Gasteiger partial charge in [0.1, 0.15) is 11.4 Å². The van der Waals surface area contributed by atoms with Crippen molar-refractivity contribution in [3.8, 4) is 17.0 Å². The van der Waals surface area contributed by atoms with E-state index in [1.54, 1.807) is 20.2 Å². The van der Waals surface area contributed by atoms with Gasteiger partial charge in [-0.25, -0.2) is 4.79 Å². The van der Waals surface area contributed by atoms with Crippen LogP contribution in [0.15, 0.2) is 30.3 Å². The highest BCUT2D eigenvalue weighted by Crippen LogP contribution is 2.42. The van der Waals surface area contributed by atoms with Crippen molar-refractivity contribution in [1.29, 1.82) is 0 Å². The number of rotatable bonds is 7. The van der Waals surface area contributed by atoms with E-state index >= 15 is 0 Å². The molecule has 0 saturated carbocycles. The van der Waals surface area contributed by atoms with Crippen LogP contribution in [0.1, 0.15) is 64.0 Å². The molecule has 2 fully saturated rings. The first-order chi connectivity index (χ1) is 20.1. The lowest BCUT2D eigenvalue weighted by Crippen LogP contribution is -2.55. The average molecular weight is 578 g/mol. The van der Waals surface area contributed by atoms with Crippen LogP contribution >= 0.6 is 0 Å². The molecular weight excluding hydrogens is 538 g/mol. The number of fused-ring (bicyclic) bond motifs is 3. The summed E-state index contributed by atoms with van der Waals surface area (Å²) < 4.78 is 16.7. The van der Waals surface area contributed by atoms with Crippen molar-refractivity contribution in [1.82, 2.24) is 20.4 Å². The van der Waals surface area contributed by atoms with E-state index in [-0.39, 0.29) is 42.8 Å². The molecule has 42 heavy (non-hydrogen) atoms. The molecule has 3 amide bonds. The van der Waals surface area contributed by atoms with E-state index in [1.807, 2.05) is 54.8 Å². The molecule has 2 bridgehead atoms. The standard InChI is InChI=1S/C31H39N5O6/c1-31(2,3)42-30(39)35-21-9-10-22(35)17-23(16-21)36-28(38)13-8-20-15-25(33-34-29(20)36)24-11-6-19(7-12-27(37)32-4)14-26(24)41-18-40-5/h6-7,11-12,14-15,21-23H,8-10,13,16-18H2,1-5H3,(H,32,37)/b12-7+/t21-,22+,23?. The Morgan fingerprint density at radius 3 is 2.48 bits per heavy atom. The summed E-state index contributed by atoms with van der Waals surface area (Å²) in [6, 6.07) is 7.55. The summed E-state index contributed by atoms with van der Waals surface area (Å²) in [7, 11) is 3.12. The van der Waals surface area contributed by atoms with Crippen LogP contribution in [0.3, 0.4) is 0 Å². The number of amides is 3. The number of hydrogen-bond donors (Lipinski definition) is 1. The predicted octanol–water partition coefficient (Wildman–Crippen LogP) is 4.10. The number of ether oxygens (including phenoxy) is 3. The predicted molar refractivity (Wildman–Crippen MR) is 157 cm³/mol. The van der Waals surface area contributed by atoms with E-state index in [2.05, 4.69) is 15.5 Å². The molecule has 3 atom stereocenters. The molecule has 0 radical (unpaired) electrons. The number of carbonyl (C=O) groups excluding carboxylic acids is 3. The maximum atomic E-state index is 13.3. The van der Waals surface area contributed by atoms with E-state index in [4.69, 9.17) is 14.2 Å². The van der Waals surface area contributed by atoms with Crippen LogP contribution in [-0.2, 0) is 25.5 Å². The van der Waals surface area contributed by atoms with Gasteiger partial charge in [-0.3, -0.25) is 14.5 Å². The van der Waals surface area contributed by atoms with Crippen molar-refractivity contribution in [3.05, 3.63) is 41.5 Å². The van der Waals surface area contributed by atoms with Gasteiger partial charge >= 0.3 is 6.09 Å². The highest BCUT2D eigenvalue weighted by molar-refractivity contribution is 5.96. The summed E-state index contributed by atoms with van der Waals surface area (Å²) in [4.78, 5) is 41.6. The van der Waals surface area contributed by atoms with E-state index in [0.29, 0.717) is 42.9 Å². The van der Waals surface area contributed by atoms with Gasteiger partial charge in [-0.2, -0.15) is 0 Å². The Morgan fingerprint density at radius 1 is 1.07 bits per heavy atom. The number of hydrogen-bond acceptors (Lipinski definition) is 8. The summed E-state index contributed by atoms with van der Waals surface area (Å²) in [5.74, 6) is 0.965. The summed E-state index contributed by atoms with van der Waals surface area (Å²) in [6.45, 7) is 5.67. The van der Waals surface area contributed by atoms with Crippen LogP contribution in [0.2, 0.25) is 0 Å². The number of piperidine rings is 1. The number of nitrogens with zero attached hydrogens (tertiary/aromatic N) is 4. The number of anilines is 1. The first kappa shape index (κ1) is 29.5. The van der Waals surface area contributed by atoms with Crippen molar-refractivity contribution in [2.45, 2.75) is 83.0 Å². The SMILES string of the molecule is CNC(=O)/C=C/c1ccc(-c2cc3c(nn2)N(C2C[C@H]4CC[C@@H](C2)N4C(=O)OC(C)(C)C)C(=O)CC3)c(OCOC)c1. The third kappa shape index (κ3) is 6.25. The Balaban J connectivity index is 1.39. The number of likely N-dealkylation sites (N-methyl/N-ethyl adjacent to an activating group) is 1. The Labute approximate surface area is 246 Å². The van der Waals surface area contributed by atoms with Crippen molar-refractivity contribution < 1.29 is 28.6 Å². The number of nitrogens with one attached hydrogen (secondary N) is 1. The van der Waals surface area contributed by atoms with Gasteiger partial charge in [0, 0.05) is 50.3 Å². The molecule has 2 saturated heterocycles. The smallest absolute Gasteiger partial charge is 0.410 e. The van der Waals surface area contributed by atoms with E-state index in [0.717, 1.165) is 29.5 Å². The van der Waals surface area contributed by atoms with Crippen LogP contribution in [0.5, 0.6) is 5.75 Å². The molecular formula is C31H39N5O6. The second kappa shape index (κ2) is 12.1. The van der Waals surface area contributed by atoms with Crippen molar-refractivity contribution >= 4 is 29.8 Å². The number of methoxy groups -OCH3 is 1. The number of aryl methyl sites for hydroxylation is 1. The van der Waals surface area contributed by atoms with Gasteiger partial charge in [-0.1, -0.05) is 6.07 Å². The largest absolute Gasteiger partial charge is 0.467 e. The van der Waals surface area contributed by atoms with Gasteiger partial charge in [0.25, 0.3) is 0 Å². The molecule has 1 N–H and O–H groups in total. The molecule has 1 aromatic carbocycles. The number of aromatic nitrogens is 2. The van der Waals surface area contributed by atoms with Crippen LogP contribution in [0, 0.1) is 0 Å². The lowest BCUT2D eigenvalue weighted by Gasteiger charge is -2.44. The molecule has 3 aliphatic rings. The fourth-order valence-corrected chi connectivity index (χ4v) is 6.12. The molecule has 1 unspecified atom stereocenters. The monoisotopic (exact) mass is 577 g/mol. The lowest BCUT2D eigenvalue weighted by atomic mass is 9.93. The zero-order chi connectivity index (χ0) is 30.0. The van der Waals surface area contributed by atoms with Gasteiger partial charge in [0.15, 0.2) is 12.6 Å². The second-order valence-electron chi connectivity index (χ2n) is 12.0. The maximum absolute atomic E-state index is 13.3. The van der Waals surface area contributed by atoms with Crippen LogP contribution in [-0.4, -0.2) is 77.7 Å². The summed E-state index contributed by atoms with van der Waals surface area (Å²) >= 11 is 0. The Morgan fingerprint density at radius 2 is 1.81 bits per heavy atom. The van der Waals surface area contributed by atoms with E-state index in [9.17, 15) is 14.4 Å².